The van der Waals surface area contributed by atoms with Gasteiger partial charge in [-0.3, -0.25) is 9.48 Å². The van der Waals surface area contributed by atoms with E-state index in [1.54, 1.807) is 24.1 Å². The summed E-state index contributed by atoms with van der Waals surface area (Å²) in [7, 11) is 1.80. The third kappa shape index (κ3) is 7.58. The largest absolute Gasteiger partial charge is 0.480 e. The molecule has 1 N–H and O–H groups in total. The molecule has 0 aromatic carbocycles. The van der Waals surface area contributed by atoms with Crippen LogP contribution in [0.25, 0.3) is 0 Å². The Balaban J connectivity index is 1.12. The fourth-order valence-electron chi connectivity index (χ4n) is 4.73. The lowest BCUT2D eigenvalue weighted by Gasteiger charge is -2.30. The van der Waals surface area contributed by atoms with Crippen molar-refractivity contribution in [2.45, 2.75) is 70.2 Å². The van der Waals surface area contributed by atoms with E-state index in [1.165, 1.54) is 11.3 Å². The molecule has 200 valence electrons. The first kappa shape index (κ1) is 26.7. The molecule has 0 bridgehead atoms. The molecule has 1 unspecified atom stereocenters. The smallest absolute Gasteiger partial charge is 0.425 e. The number of alkyl halides is 3. The van der Waals surface area contributed by atoms with E-state index in [-0.39, 0.29) is 23.7 Å². The van der Waals surface area contributed by atoms with E-state index < -0.39 is 12.3 Å². The normalized spacial score (nSPS) is 21.9. The van der Waals surface area contributed by atoms with E-state index in [0.29, 0.717) is 11.7 Å². The number of nitrogens with one attached hydrogen (secondary N) is 1. The summed E-state index contributed by atoms with van der Waals surface area (Å²) in [6.45, 7) is 3.74. The lowest BCUT2D eigenvalue weighted by atomic mass is 9.84. The van der Waals surface area contributed by atoms with Gasteiger partial charge in [0.1, 0.15) is 0 Å². The first-order valence-electron chi connectivity index (χ1n) is 12.5. The fourth-order valence-corrected chi connectivity index (χ4v) is 5.75. The van der Waals surface area contributed by atoms with E-state index in [2.05, 4.69) is 20.3 Å². The van der Waals surface area contributed by atoms with Crippen molar-refractivity contribution < 1.29 is 27.4 Å². The average Bonchev–Trinajstić information content (AvgIpc) is 3.37. The van der Waals surface area contributed by atoms with Gasteiger partial charge in [0.2, 0.25) is 0 Å². The maximum Gasteiger partial charge on any atom is 0.425 e. The van der Waals surface area contributed by atoms with Crippen LogP contribution in [0, 0.1) is 5.92 Å². The summed E-state index contributed by atoms with van der Waals surface area (Å²) in [5.41, 5.74) is 0.871. The van der Waals surface area contributed by atoms with Crippen LogP contribution in [-0.2, 0) is 24.7 Å². The minimum absolute atomic E-state index is 0.00407. The van der Waals surface area contributed by atoms with Gasteiger partial charge in [0.15, 0.2) is 18.5 Å². The quantitative estimate of drug-likeness (QED) is 0.533. The topological polar surface area (TPSA) is 81.5 Å². The van der Waals surface area contributed by atoms with Crippen molar-refractivity contribution >= 4 is 17.2 Å². The van der Waals surface area contributed by atoms with Gasteiger partial charge in [-0.15, -0.1) is 0 Å². The number of fused-ring (bicyclic) bond motifs is 1. The average molecular weight is 530 g/mol. The van der Waals surface area contributed by atoms with E-state index >= 15 is 0 Å². The van der Waals surface area contributed by atoms with Crippen molar-refractivity contribution in [2.24, 2.45) is 13.0 Å². The summed E-state index contributed by atoms with van der Waals surface area (Å²) in [6, 6.07) is 0.197. The summed E-state index contributed by atoms with van der Waals surface area (Å²) >= 11 is 1.24. The molecule has 1 atom stereocenters. The lowest BCUT2D eigenvalue weighted by molar-refractivity contribution is -0.189. The molecule has 1 fully saturated rings. The van der Waals surface area contributed by atoms with Gasteiger partial charge in [-0.1, -0.05) is 11.3 Å². The third-order valence-corrected chi connectivity index (χ3v) is 7.98. The number of hydrogen-bond acceptors (Lipinski definition) is 7. The predicted octanol–water partition coefficient (Wildman–Crippen LogP) is 3.75. The zero-order valence-electron chi connectivity index (χ0n) is 20.7. The molecule has 2 aromatic rings. The molecule has 2 aromatic heterocycles. The van der Waals surface area contributed by atoms with Gasteiger partial charge in [0, 0.05) is 37.5 Å². The van der Waals surface area contributed by atoms with Crippen molar-refractivity contribution in [1.82, 2.24) is 25.0 Å². The van der Waals surface area contributed by atoms with Gasteiger partial charge in [-0.2, -0.15) is 18.3 Å². The molecule has 12 heteroatoms. The molecule has 0 spiro atoms. The van der Waals surface area contributed by atoms with Crippen LogP contribution in [0.3, 0.4) is 0 Å². The lowest BCUT2D eigenvalue weighted by Crippen LogP contribution is -2.40. The maximum absolute atomic E-state index is 12.8. The number of halogens is 3. The summed E-state index contributed by atoms with van der Waals surface area (Å²) in [5.74, 6) is 1.12. The molecule has 3 heterocycles. The minimum atomic E-state index is -4.39. The first-order valence-corrected chi connectivity index (χ1v) is 13.3. The SMILES string of the molecule is CC(Oc1nc2c(s1)CCN(CCC1CCC(NC(=O)COc3cnn(C)c3)CC1)CC2)C(F)(F)F. The molecule has 1 amide bonds. The Bertz CT molecular complexity index is 978. The molecule has 36 heavy (non-hydrogen) atoms. The van der Waals surface area contributed by atoms with Gasteiger partial charge in [-0.05, 0) is 57.9 Å². The molecule has 4 rings (SSSR count). The third-order valence-electron chi connectivity index (χ3n) is 6.93. The number of carbonyl (C=O) groups excluding carboxylic acids is 1. The Morgan fingerprint density at radius 2 is 2.00 bits per heavy atom. The molecule has 0 saturated heterocycles. The van der Waals surface area contributed by atoms with Gasteiger partial charge < -0.3 is 19.7 Å². The number of aromatic nitrogens is 3. The van der Waals surface area contributed by atoms with Crippen LogP contribution in [0.5, 0.6) is 10.9 Å². The van der Waals surface area contributed by atoms with Crippen LogP contribution in [0.1, 0.15) is 49.6 Å². The number of aryl methyl sites for hydroxylation is 1. The summed E-state index contributed by atoms with van der Waals surface area (Å²) in [5, 5.41) is 7.22. The Kier molecular flexibility index (Phi) is 8.76. The summed E-state index contributed by atoms with van der Waals surface area (Å²) in [4.78, 5) is 20.0. The second-order valence-electron chi connectivity index (χ2n) is 9.71. The van der Waals surface area contributed by atoms with Crippen molar-refractivity contribution in [3.05, 3.63) is 23.0 Å². The van der Waals surface area contributed by atoms with Crippen molar-refractivity contribution in [3.8, 4) is 10.9 Å². The number of ether oxygens (including phenoxy) is 2. The number of hydrogen-bond donors (Lipinski definition) is 1. The Hall–Kier alpha value is -2.34. The predicted molar refractivity (Wildman–Crippen MR) is 129 cm³/mol. The molecular weight excluding hydrogens is 495 g/mol. The fraction of sp³-hybridized carbons (Fsp3) is 0.708. The van der Waals surface area contributed by atoms with E-state index in [1.807, 2.05) is 0 Å². The number of nitrogens with zero attached hydrogens (tertiary/aromatic N) is 4. The van der Waals surface area contributed by atoms with Gasteiger partial charge in [0.05, 0.1) is 18.1 Å². The Labute approximate surface area is 213 Å². The molecule has 1 aliphatic carbocycles. The van der Waals surface area contributed by atoms with Crippen LogP contribution in [0.15, 0.2) is 12.4 Å². The van der Waals surface area contributed by atoms with E-state index in [4.69, 9.17) is 9.47 Å². The standard InChI is InChI=1S/C24H34F3N5O3S/c1-16(24(25,26)27)35-23-30-20-8-11-32(12-9-21(20)36-23)10-7-17-3-5-18(6-4-17)29-22(33)15-34-19-13-28-31(2)14-19/h13-14,16-18H,3-12,15H2,1-2H3,(H,29,33). The van der Waals surface area contributed by atoms with Crippen LogP contribution in [0.2, 0.25) is 0 Å². The highest BCUT2D eigenvalue weighted by Gasteiger charge is 2.39. The monoisotopic (exact) mass is 529 g/mol. The number of thiazole rings is 1. The number of carbonyl (C=O) groups is 1. The highest BCUT2D eigenvalue weighted by Crippen LogP contribution is 2.32. The molecule has 8 nitrogen and oxygen atoms in total. The minimum Gasteiger partial charge on any atom is -0.480 e. The van der Waals surface area contributed by atoms with Crippen molar-refractivity contribution in [1.29, 1.82) is 0 Å². The van der Waals surface area contributed by atoms with Gasteiger partial charge in [0.25, 0.3) is 11.1 Å². The molecule has 2 aliphatic rings. The Morgan fingerprint density at radius 3 is 2.69 bits per heavy atom. The second-order valence-corrected chi connectivity index (χ2v) is 10.8. The zero-order chi connectivity index (χ0) is 25.7. The molecule has 1 aliphatic heterocycles. The van der Waals surface area contributed by atoms with E-state index in [9.17, 15) is 18.0 Å². The zero-order valence-corrected chi connectivity index (χ0v) is 21.5. The summed E-state index contributed by atoms with van der Waals surface area (Å²) in [6.07, 6.45) is 3.84. The van der Waals surface area contributed by atoms with Crippen molar-refractivity contribution in [2.75, 3.05) is 26.2 Å². The van der Waals surface area contributed by atoms with Gasteiger partial charge in [-0.25, -0.2) is 4.98 Å². The number of rotatable bonds is 9. The molecule has 1 saturated carbocycles. The van der Waals surface area contributed by atoms with Crippen molar-refractivity contribution in [3.63, 3.8) is 0 Å². The Morgan fingerprint density at radius 1 is 1.25 bits per heavy atom. The van der Waals surface area contributed by atoms with Crippen LogP contribution in [-0.4, -0.2) is 70.1 Å². The van der Waals surface area contributed by atoms with Crippen LogP contribution < -0.4 is 14.8 Å². The first-order chi connectivity index (χ1) is 17.2. The molecular formula is C24H34F3N5O3S. The maximum atomic E-state index is 12.8. The van der Waals surface area contributed by atoms with Crippen LogP contribution >= 0.6 is 11.3 Å². The second kappa shape index (κ2) is 11.8. The highest BCUT2D eigenvalue weighted by molar-refractivity contribution is 7.13. The number of amides is 1. The van der Waals surface area contributed by atoms with Gasteiger partial charge >= 0.3 is 6.18 Å². The summed E-state index contributed by atoms with van der Waals surface area (Å²) < 4.78 is 50.4. The highest BCUT2D eigenvalue weighted by atomic mass is 32.1. The van der Waals surface area contributed by atoms with Crippen LogP contribution in [0.4, 0.5) is 13.2 Å². The molecule has 0 radical (unpaired) electrons. The van der Waals surface area contributed by atoms with E-state index in [0.717, 1.165) is 82.1 Å².